The van der Waals surface area contributed by atoms with E-state index >= 15 is 0 Å². The van der Waals surface area contributed by atoms with Gasteiger partial charge in [0.1, 0.15) is 5.15 Å². The Hall–Kier alpha value is -0.800. The highest BCUT2D eigenvalue weighted by Crippen LogP contribution is 2.25. The Morgan fingerprint density at radius 3 is 2.76 bits per heavy atom. The summed E-state index contributed by atoms with van der Waals surface area (Å²) in [5.74, 6) is -0.0127. The molecule has 92 valence electrons. The number of carbonyl (C=O) groups is 1. The number of aromatic nitrogens is 1. The number of carbonyl (C=O) groups excluding carboxylic acids is 1. The van der Waals surface area contributed by atoms with Gasteiger partial charge in [-0.1, -0.05) is 36.0 Å². The molecule has 0 N–H and O–H groups in total. The van der Waals surface area contributed by atoms with Gasteiger partial charge >= 0.3 is 5.97 Å². The summed E-state index contributed by atoms with van der Waals surface area (Å²) in [6.07, 6.45) is 4.70. The summed E-state index contributed by atoms with van der Waals surface area (Å²) in [5.41, 5.74) is 0.0946. The molecule has 0 aliphatic heterocycles. The van der Waals surface area contributed by atoms with Crippen LogP contribution in [0.5, 0.6) is 0 Å². The molecule has 0 spiro atoms. The van der Waals surface area contributed by atoms with Crippen molar-refractivity contribution in [3.05, 3.63) is 28.0 Å². The minimum atomic E-state index is -0.496. The molecule has 1 aromatic rings. The maximum Gasteiger partial charge on any atom is 0.358 e. The molecule has 1 aromatic heterocycles. The second kappa shape index (κ2) is 5.69. The van der Waals surface area contributed by atoms with Crippen LogP contribution < -0.4 is 0 Å². The van der Waals surface area contributed by atoms with Gasteiger partial charge in [-0.25, -0.2) is 9.78 Å². The molecule has 5 heteroatoms. The van der Waals surface area contributed by atoms with Crippen LogP contribution in [-0.2, 0) is 4.74 Å². The van der Waals surface area contributed by atoms with Gasteiger partial charge in [-0.2, -0.15) is 0 Å². The van der Waals surface area contributed by atoms with Crippen molar-refractivity contribution in [2.24, 2.45) is 5.92 Å². The smallest absolute Gasteiger partial charge is 0.358 e. The fourth-order valence-corrected chi connectivity index (χ4v) is 2.33. The molecule has 1 saturated carbocycles. The number of rotatable bonds is 3. The zero-order valence-corrected chi connectivity index (χ0v) is 10.8. The summed E-state index contributed by atoms with van der Waals surface area (Å²) in [6.45, 7) is 0.448. The van der Waals surface area contributed by atoms with Crippen LogP contribution in [0.2, 0.25) is 10.2 Å². The molecule has 0 amide bonds. The molecular weight excluding hydrogens is 261 g/mol. The van der Waals surface area contributed by atoms with Crippen molar-refractivity contribution in [2.75, 3.05) is 6.61 Å². The Labute approximate surface area is 110 Å². The second-order valence-corrected chi connectivity index (χ2v) is 5.01. The third-order valence-electron chi connectivity index (χ3n) is 2.93. The summed E-state index contributed by atoms with van der Waals surface area (Å²) in [6, 6.07) is 3.08. The Balaban J connectivity index is 1.96. The third kappa shape index (κ3) is 3.33. The Kier molecular flexibility index (Phi) is 4.24. The van der Waals surface area contributed by atoms with Gasteiger partial charge < -0.3 is 4.74 Å². The Morgan fingerprint density at radius 1 is 1.35 bits per heavy atom. The first kappa shape index (κ1) is 12.7. The van der Waals surface area contributed by atoms with Crippen molar-refractivity contribution in [3.8, 4) is 0 Å². The average molecular weight is 274 g/mol. The summed E-state index contributed by atoms with van der Waals surface area (Å²) in [5, 5.41) is 0.507. The molecule has 0 atom stereocenters. The average Bonchev–Trinajstić information content (AvgIpc) is 2.82. The molecule has 0 unspecified atom stereocenters. The largest absolute Gasteiger partial charge is 0.461 e. The maximum absolute atomic E-state index is 11.7. The molecule has 1 aliphatic rings. The fourth-order valence-electron chi connectivity index (χ4n) is 2.00. The summed E-state index contributed by atoms with van der Waals surface area (Å²) in [7, 11) is 0. The van der Waals surface area contributed by atoms with Crippen LogP contribution in [0.3, 0.4) is 0 Å². The van der Waals surface area contributed by atoms with Gasteiger partial charge in [0.15, 0.2) is 5.69 Å². The highest BCUT2D eigenvalue weighted by molar-refractivity contribution is 6.34. The Morgan fingerprint density at radius 2 is 2.06 bits per heavy atom. The van der Waals surface area contributed by atoms with E-state index < -0.39 is 5.97 Å². The van der Waals surface area contributed by atoms with E-state index in [0.29, 0.717) is 12.5 Å². The van der Waals surface area contributed by atoms with E-state index in [2.05, 4.69) is 4.98 Å². The van der Waals surface area contributed by atoms with Gasteiger partial charge in [-0.3, -0.25) is 0 Å². The van der Waals surface area contributed by atoms with Gasteiger partial charge in [0.05, 0.1) is 11.6 Å². The molecule has 1 aliphatic carbocycles. The summed E-state index contributed by atoms with van der Waals surface area (Å²) < 4.78 is 5.20. The first-order valence-electron chi connectivity index (χ1n) is 5.66. The predicted octanol–water partition coefficient (Wildman–Crippen LogP) is 3.74. The molecule has 0 radical (unpaired) electrons. The van der Waals surface area contributed by atoms with E-state index in [4.69, 9.17) is 27.9 Å². The van der Waals surface area contributed by atoms with Gasteiger partial charge in [-0.15, -0.1) is 0 Å². The minimum absolute atomic E-state index is 0.0946. The van der Waals surface area contributed by atoms with Crippen LogP contribution in [0.25, 0.3) is 0 Å². The van der Waals surface area contributed by atoms with Crippen molar-refractivity contribution in [2.45, 2.75) is 25.7 Å². The zero-order valence-electron chi connectivity index (χ0n) is 9.29. The van der Waals surface area contributed by atoms with Crippen molar-refractivity contribution in [1.29, 1.82) is 0 Å². The normalized spacial score (nSPS) is 16.1. The lowest BCUT2D eigenvalue weighted by Gasteiger charge is -2.10. The molecule has 0 bridgehead atoms. The number of esters is 1. The molecule has 1 heterocycles. The lowest BCUT2D eigenvalue weighted by Crippen LogP contribution is -2.13. The van der Waals surface area contributed by atoms with Crippen LogP contribution in [0.15, 0.2) is 12.1 Å². The highest BCUT2D eigenvalue weighted by Gasteiger charge is 2.19. The first-order chi connectivity index (χ1) is 8.16. The standard InChI is InChI=1S/C12H13Cl2NO2/c13-9-5-6-10(14)15-11(9)12(16)17-7-8-3-1-2-4-8/h5-6,8H,1-4,7H2. The van der Waals surface area contributed by atoms with Gasteiger partial charge in [0.2, 0.25) is 0 Å². The van der Waals surface area contributed by atoms with E-state index in [-0.39, 0.29) is 15.9 Å². The number of halogens is 2. The lowest BCUT2D eigenvalue weighted by molar-refractivity contribution is 0.0436. The molecule has 1 fully saturated rings. The number of hydrogen-bond donors (Lipinski definition) is 0. The van der Waals surface area contributed by atoms with Gasteiger partial charge in [0, 0.05) is 0 Å². The third-order valence-corrected chi connectivity index (χ3v) is 3.45. The number of nitrogens with zero attached hydrogens (tertiary/aromatic N) is 1. The van der Waals surface area contributed by atoms with E-state index in [1.807, 2.05) is 0 Å². The number of pyridine rings is 1. The van der Waals surface area contributed by atoms with Crippen molar-refractivity contribution < 1.29 is 9.53 Å². The van der Waals surface area contributed by atoms with Gasteiger partial charge in [-0.05, 0) is 30.9 Å². The van der Waals surface area contributed by atoms with E-state index in [9.17, 15) is 4.79 Å². The molecule has 0 saturated heterocycles. The number of ether oxygens (including phenoxy) is 1. The summed E-state index contributed by atoms with van der Waals surface area (Å²) in [4.78, 5) is 15.6. The minimum Gasteiger partial charge on any atom is -0.461 e. The zero-order chi connectivity index (χ0) is 12.3. The van der Waals surface area contributed by atoms with Crippen LogP contribution in [-0.4, -0.2) is 17.6 Å². The second-order valence-electron chi connectivity index (χ2n) is 4.21. The Bertz CT molecular complexity index is 417. The molecule has 2 rings (SSSR count). The van der Waals surface area contributed by atoms with Gasteiger partial charge in [0.25, 0.3) is 0 Å². The van der Waals surface area contributed by atoms with Crippen LogP contribution in [0.4, 0.5) is 0 Å². The quantitative estimate of drug-likeness (QED) is 0.622. The lowest BCUT2D eigenvalue weighted by atomic mass is 10.1. The highest BCUT2D eigenvalue weighted by atomic mass is 35.5. The molecule has 17 heavy (non-hydrogen) atoms. The molecule has 0 aromatic carbocycles. The van der Waals surface area contributed by atoms with Crippen LogP contribution in [0.1, 0.15) is 36.2 Å². The first-order valence-corrected chi connectivity index (χ1v) is 6.41. The molecule has 3 nitrogen and oxygen atoms in total. The van der Waals surface area contributed by atoms with E-state index in [1.165, 1.54) is 18.9 Å². The number of hydrogen-bond acceptors (Lipinski definition) is 3. The van der Waals surface area contributed by atoms with Crippen molar-refractivity contribution in [1.82, 2.24) is 4.98 Å². The van der Waals surface area contributed by atoms with Crippen molar-refractivity contribution in [3.63, 3.8) is 0 Å². The SMILES string of the molecule is O=C(OCC1CCCC1)c1nc(Cl)ccc1Cl. The van der Waals surface area contributed by atoms with E-state index in [1.54, 1.807) is 6.07 Å². The summed E-state index contributed by atoms with van der Waals surface area (Å²) >= 11 is 11.6. The van der Waals surface area contributed by atoms with Crippen LogP contribution in [0, 0.1) is 5.92 Å². The van der Waals surface area contributed by atoms with Crippen molar-refractivity contribution >= 4 is 29.2 Å². The topological polar surface area (TPSA) is 39.2 Å². The van der Waals surface area contributed by atoms with E-state index in [0.717, 1.165) is 12.8 Å². The maximum atomic E-state index is 11.7. The van der Waals surface area contributed by atoms with Crippen LogP contribution >= 0.6 is 23.2 Å². The predicted molar refractivity (Wildman–Crippen MR) is 66.5 cm³/mol. The molecular formula is C12H13Cl2NO2. The fraction of sp³-hybridized carbons (Fsp3) is 0.500. The monoisotopic (exact) mass is 273 g/mol.